The van der Waals surface area contributed by atoms with Crippen molar-refractivity contribution < 1.29 is 0 Å². The average Bonchev–Trinajstić information content (AvgIpc) is 3.71. The van der Waals surface area contributed by atoms with E-state index in [0.29, 0.717) is 32.7 Å². The molecule has 0 aliphatic rings. The molecule has 0 bridgehead atoms. The normalized spacial score (nSPS) is 11.5. The summed E-state index contributed by atoms with van der Waals surface area (Å²) in [7, 11) is 55.4. The van der Waals surface area contributed by atoms with Crippen LogP contribution in [0.1, 0.15) is 0 Å². The van der Waals surface area contributed by atoms with E-state index < -0.39 is 0 Å². The standard InChI is InChI=1S/C51H26B8N2/c52-43-39-37(29-20-22-34(23-21-29)61-36-19-11-10-18-35(36)60-51(61)30-16-8-3-9-17-30)40-42(46(55)50(59)48(57)44(40)53)38(41(39)45(54)49(58)47(43)56)33-25-31(27-12-4-1-5-13-27)24-32(26-33)28-14-6-2-7-15-28/h1-26H. The SMILES string of the molecule is [B]c1c([B])c([B])c2c(-c3cc(-c4ccccc4)cc(-c4ccccc4)c3)c3c([B])c([B])c([B])c([B])c3c(-c3ccc(-n4c(-c5ccccc5)nc5ccccc54)cc3)c2c1[B]. The molecule has 0 aliphatic heterocycles. The van der Waals surface area contributed by atoms with Gasteiger partial charge in [0.2, 0.25) is 0 Å². The summed E-state index contributed by atoms with van der Waals surface area (Å²) in [4.78, 5) is 5.04. The Morgan fingerprint density at radius 2 is 0.689 bits per heavy atom. The molecular formula is C51H26B8N2. The van der Waals surface area contributed by atoms with Gasteiger partial charge < -0.3 is 0 Å². The molecule has 0 atom stereocenters. The van der Waals surface area contributed by atoms with Crippen molar-refractivity contribution in [2.75, 3.05) is 0 Å². The zero-order valence-corrected chi connectivity index (χ0v) is 33.0. The van der Waals surface area contributed by atoms with Crippen LogP contribution in [0.3, 0.4) is 0 Å². The molecule has 0 saturated heterocycles. The van der Waals surface area contributed by atoms with Crippen LogP contribution in [-0.2, 0) is 0 Å². The van der Waals surface area contributed by atoms with Crippen molar-refractivity contribution in [3.05, 3.63) is 158 Å². The highest BCUT2D eigenvalue weighted by atomic mass is 15.1. The van der Waals surface area contributed by atoms with Crippen LogP contribution < -0.4 is 43.7 Å². The van der Waals surface area contributed by atoms with Gasteiger partial charge in [-0.1, -0.05) is 137 Å². The summed E-state index contributed by atoms with van der Waals surface area (Å²) in [5.74, 6) is 0.808. The molecule has 2 nitrogen and oxygen atoms in total. The first-order valence-corrected chi connectivity index (χ1v) is 19.8. The Bertz CT molecular complexity index is 3230. The van der Waals surface area contributed by atoms with Crippen molar-refractivity contribution in [1.29, 1.82) is 0 Å². The minimum Gasteiger partial charge on any atom is -0.292 e. The summed E-state index contributed by atoms with van der Waals surface area (Å²) < 4.78 is 2.15. The van der Waals surface area contributed by atoms with Gasteiger partial charge in [0.15, 0.2) is 0 Å². The second kappa shape index (κ2) is 15.2. The van der Waals surface area contributed by atoms with Crippen molar-refractivity contribution in [3.63, 3.8) is 0 Å². The van der Waals surface area contributed by atoms with Crippen LogP contribution in [0.2, 0.25) is 0 Å². The fourth-order valence-electron chi connectivity index (χ4n) is 8.74. The van der Waals surface area contributed by atoms with Gasteiger partial charge in [0, 0.05) is 11.3 Å². The molecule has 1 aromatic heterocycles. The van der Waals surface area contributed by atoms with Gasteiger partial charge >= 0.3 is 0 Å². The molecule has 1 heterocycles. The second-order valence-corrected chi connectivity index (χ2v) is 15.3. The lowest BCUT2D eigenvalue weighted by atomic mass is 9.59. The zero-order chi connectivity index (χ0) is 42.1. The summed E-state index contributed by atoms with van der Waals surface area (Å²) in [6.45, 7) is 0. The maximum atomic E-state index is 7.13. The predicted molar refractivity (Wildman–Crippen MR) is 266 cm³/mol. The molecule has 9 aromatic carbocycles. The lowest BCUT2D eigenvalue weighted by Crippen LogP contribution is -2.50. The van der Waals surface area contributed by atoms with Crippen LogP contribution in [0.5, 0.6) is 0 Å². The zero-order valence-electron chi connectivity index (χ0n) is 33.0. The van der Waals surface area contributed by atoms with Crippen LogP contribution in [0, 0.1) is 0 Å². The fraction of sp³-hybridized carbons (Fsp3) is 0. The maximum absolute atomic E-state index is 7.13. The van der Waals surface area contributed by atoms with E-state index in [9.17, 15) is 0 Å². The van der Waals surface area contributed by atoms with Crippen molar-refractivity contribution >= 4 is 139 Å². The van der Waals surface area contributed by atoms with E-state index in [-0.39, 0.29) is 43.7 Å². The number of para-hydroxylation sites is 2. The van der Waals surface area contributed by atoms with Crippen molar-refractivity contribution in [1.82, 2.24) is 9.55 Å². The summed E-state index contributed by atoms with van der Waals surface area (Å²) in [6, 6.07) is 53.0. The van der Waals surface area contributed by atoms with Gasteiger partial charge in [-0.2, -0.15) is 0 Å². The first-order valence-electron chi connectivity index (χ1n) is 19.8. The summed E-state index contributed by atoms with van der Waals surface area (Å²) in [5.41, 5.74) is 12.1. The van der Waals surface area contributed by atoms with Gasteiger partial charge in [0.05, 0.1) is 11.0 Å². The van der Waals surface area contributed by atoms with E-state index in [0.717, 1.165) is 61.5 Å². The van der Waals surface area contributed by atoms with Crippen LogP contribution in [0.4, 0.5) is 0 Å². The number of imidazole rings is 1. The maximum Gasteiger partial charge on any atom is 0.145 e. The van der Waals surface area contributed by atoms with Crippen LogP contribution in [0.25, 0.3) is 94.2 Å². The summed E-state index contributed by atoms with van der Waals surface area (Å²) >= 11 is 0. The van der Waals surface area contributed by atoms with Crippen molar-refractivity contribution in [2.24, 2.45) is 0 Å². The van der Waals surface area contributed by atoms with E-state index >= 15 is 0 Å². The van der Waals surface area contributed by atoms with Gasteiger partial charge in [-0.3, -0.25) is 4.57 Å². The molecule has 10 rings (SSSR count). The Balaban J connectivity index is 1.32. The number of hydrogen-bond acceptors (Lipinski definition) is 1. The molecule has 0 fully saturated rings. The minimum atomic E-state index is 0.156. The van der Waals surface area contributed by atoms with Crippen LogP contribution >= 0.6 is 0 Å². The largest absolute Gasteiger partial charge is 0.292 e. The van der Waals surface area contributed by atoms with E-state index in [1.165, 1.54) is 0 Å². The lowest BCUT2D eigenvalue weighted by Gasteiger charge is -2.29. The summed E-state index contributed by atoms with van der Waals surface area (Å²) in [5, 5.41) is 2.22. The van der Waals surface area contributed by atoms with Gasteiger partial charge in [-0.05, 0) is 109 Å². The monoisotopic (exact) mass is 754 g/mol. The highest BCUT2D eigenvalue weighted by Gasteiger charge is 2.25. The van der Waals surface area contributed by atoms with Gasteiger partial charge in [0.1, 0.15) is 68.6 Å². The number of hydrogen-bond donors (Lipinski definition) is 0. The van der Waals surface area contributed by atoms with Crippen molar-refractivity contribution in [3.8, 4) is 61.6 Å². The van der Waals surface area contributed by atoms with Gasteiger partial charge in [0.25, 0.3) is 0 Å². The molecule has 0 N–H and O–H groups in total. The van der Waals surface area contributed by atoms with Crippen LogP contribution in [-0.4, -0.2) is 72.3 Å². The molecule has 0 aliphatic carbocycles. The summed E-state index contributed by atoms with van der Waals surface area (Å²) in [6.07, 6.45) is 0. The molecule has 0 amide bonds. The Morgan fingerprint density at radius 1 is 0.311 bits per heavy atom. The van der Waals surface area contributed by atoms with Gasteiger partial charge in [-0.15, -0.1) is 21.9 Å². The number of nitrogens with zero attached hydrogens (tertiary/aromatic N) is 2. The molecule has 10 heteroatoms. The number of fused-ring (bicyclic) bond motifs is 3. The van der Waals surface area contributed by atoms with E-state index in [4.69, 9.17) is 67.8 Å². The Labute approximate surface area is 366 Å². The minimum absolute atomic E-state index is 0.156. The Morgan fingerprint density at radius 3 is 1.15 bits per heavy atom. The van der Waals surface area contributed by atoms with Crippen LogP contribution in [0.15, 0.2) is 158 Å². The predicted octanol–water partition coefficient (Wildman–Crippen LogP) is 4.02. The van der Waals surface area contributed by atoms with E-state index in [2.05, 4.69) is 65.2 Å². The molecule has 10 aromatic rings. The topological polar surface area (TPSA) is 17.8 Å². The quantitative estimate of drug-likeness (QED) is 0.186. The molecule has 0 saturated carbocycles. The highest BCUT2D eigenvalue weighted by Crippen LogP contribution is 2.43. The Kier molecular flexibility index (Phi) is 9.63. The third kappa shape index (κ3) is 6.26. The lowest BCUT2D eigenvalue weighted by molar-refractivity contribution is 1.10. The third-order valence-corrected chi connectivity index (χ3v) is 11.8. The van der Waals surface area contributed by atoms with Crippen molar-refractivity contribution in [2.45, 2.75) is 0 Å². The molecule has 0 spiro atoms. The van der Waals surface area contributed by atoms with Gasteiger partial charge in [-0.25, -0.2) is 4.98 Å². The molecule has 0 unspecified atom stereocenters. The molecular weight excluding hydrogens is 727 g/mol. The van der Waals surface area contributed by atoms with E-state index in [1.54, 1.807) is 0 Å². The smallest absolute Gasteiger partial charge is 0.145 e. The number of aromatic nitrogens is 2. The average molecular weight is 753 g/mol. The Hall–Kier alpha value is -6.51. The van der Waals surface area contributed by atoms with E-state index in [1.807, 2.05) is 97.1 Å². The second-order valence-electron chi connectivity index (χ2n) is 15.3. The highest BCUT2D eigenvalue weighted by molar-refractivity contribution is 6.71. The molecule has 264 valence electrons. The number of benzene rings is 9. The number of rotatable bonds is 6. The molecule has 61 heavy (non-hydrogen) atoms. The first kappa shape index (κ1) is 38.7. The third-order valence-electron chi connectivity index (χ3n) is 11.8. The fourth-order valence-corrected chi connectivity index (χ4v) is 8.74. The molecule has 16 radical (unpaired) electrons. The first-order chi connectivity index (χ1) is 29.6.